The third-order valence-corrected chi connectivity index (χ3v) is 3.48. The molecule has 0 saturated heterocycles. The molecule has 0 atom stereocenters. The molecule has 1 amide bonds. The van der Waals surface area contributed by atoms with Gasteiger partial charge in [0.15, 0.2) is 0 Å². The minimum absolute atomic E-state index is 0.234. The first kappa shape index (κ1) is 18.5. The second-order valence-corrected chi connectivity index (χ2v) is 5.23. The number of non-ortho nitro benzene ring substituents is 2. The van der Waals surface area contributed by atoms with Crippen LogP contribution < -0.4 is 5.32 Å². The summed E-state index contributed by atoms with van der Waals surface area (Å²) in [7, 11) is 1.24. The number of anilines is 1. The lowest BCUT2D eigenvalue weighted by Gasteiger charge is -2.10. The molecule has 10 heteroatoms. The zero-order valence-electron chi connectivity index (χ0n) is 13.7. The van der Waals surface area contributed by atoms with Crippen LogP contribution in [0, 0.1) is 27.2 Å². The zero-order chi connectivity index (χ0) is 19.4. The molecule has 2 aromatic carbocycles. The number of methoxy groups -OCH3 is 1. The first-order chi connectivity index (χ1) is 12.2. The quantitative estimate of drug-likeness (QED) is 0.491. The second-order valence-electron chi connectivity index (χ2n) is 5.23. The Labute approximate surface area is 146 Å². The fourth-order valence-electron chi connectivity index (χ4n) is 2.18. The highest BCUT2D eigenvalue weighted by Gasteiger charge is 2.20. The minimum Gasteiger partial charge on any atom is -0.465 e. The average molecular weight is 359 g/mol. The van der Waals surface area contributed by atoms with Crippen molar-refractivity contribution in [2.75, 3.05) is 12.4 Å². The standard InChI is InChI=1S/C16H13N3O7/c1-9-5-10(16(21)26-2)3-4-14(9)17-15(20)11-6-12(18(22)23)8-13(7-11)19(24)25/h3-8H,1-2H3,(H,17,20). The number of nitro groups is 2. The van der Waals surface area contributed by atoms with E-state index >= 15 is 0 Å². The Kier molecular flexibility index (Phi) is 5.26. The van der Waals surface area contributed by atoms with Crippen LogP contribution in [0.15, 0.2) is 36.4 Å². The van der Waals surface area contributed by atoms with Crippen LogP contribution in [0.1, 0.15) is 26.3 Å². The van der Waals surface area contributed by atoms with E-state index in [9.17, 15) is 29.8 Å². The summed E-state index contributed by atoms with van der Waals surface area (Å²) in [6.07, 6.45) is 0. The van der Waals surface area contributed by atoms with Crippen LogP contribution in [0.2, 0.25) is 0 Å². The Hall–Kier alpha value is -3.82. The van der Waals surface area contributed by atoms with E-state index in [0.717, 1.165) is 18.2 Å². The van der Waals surface area contributed by atoms with Crippen LogP contribution in [-0.4, -0.2) is 28.8 Å². The molecule has 0 unspecified atom stereocenters. The van der Waals surface area contributed by atoms with Gasteiger partial charge < -0.3 is 10.1 Å². The Morgan fingerprint density at radius 1 is 0.962 bits per heavy atom. The molecule has 0 saturated carbocycles. The molecule has 0 radical (unpaired) electrons. The highest BCUT2D eigenvalue weighted by Crippen LogP contribution is 2.24. The molecule has 2 rings (SSSR count). The number of nitrogens with zero attached hydrogens (tertiary/aromatic N) is 2. The number of hydrogen-bond donors (Lipinski definition) is 1. The molecule has 0 aliphatic heterocycles. The van der Waals surface area contributed by atoms with E-state index in [1.807, 2.05) is 0 Å². The predicted molar refractivity (Wildman–Crippen MR) is 90.2 cm³/mol. The first-order valence-corrected chi connectivity index (χ1v) is 7.17. The normalized spacial score (nSPS) is 10.1. The number of esters is 1. The lowest BCUT2D eigenvalue weighted by atomic mass is 10.1. The molecule has 1 N–H and O–H groups in total. The van der Waals surface area contributed by atoms with Gasteiger partial charge in [0.25, 0.3) is 17.3 Å². The van der Waals surface area contributed by atoms with Crippen molar-refractivity contribution in [3.05, 3.63) is 73.3 Å². The number of amides is 1. The number of hydrogen-bond acceptors (Lipinski definition) is 7. The third-order valence-electron chi connectivity index (χ3n) is 3.48. The van der Waals surface area contributed by atoms with Crippen molar-refractivity contribution in [2.45, 2.75) is 6.92 Å². The average Bonchev–Trinajstić information content (AvgIpc) is 2.62. The van der Waals surface area contributed by atoms with Crippen molar-refractivity contribution in [3.63, 3.8) is 0 Å². The summed E-state index contributed by atoms with van der Waals surface area (Å²) in [4.78, 5) is 44.0. The Balaban J connectivity index is 2.34. The molecule has 0 fully saturated rings. The van der Waals surface area contributed by atoms with Gasteiger partial charge in [-0.2, -0.15) is 0 Å². The van der Waals surface area contributed by atoms with Gasteiger partial charge in [-0.15, -0.1) is 0 Å². The number of carbonyl (C=O) groups is 2. The summed E-state index contributed by atoms with van der Waals surface area (Å²) < 4.78 is 4.60. The molecule has 0 aromatic heterocycles. The van der Waals surface area contributed by atoms with Gasteiger partial charge in [0.05, 0.1) is 34.1 Å². The van der Waals surface area contributed by atoms with E-state index in [-0.39, 0.29) is 11.1 Å². The van der Waals surface area contributed by atoms with E-state index in [1.165, 1.54) is 25.3 Å². The number of aryl methyl sites for hydroxylation is 1. The van der Waals surface area contributed by atoms with Gasteiger partial charge in [-0.1, -0.05) is 0 Å². The van der Waals surface area contributed by atoms with Gasteiger partial charge in [0.2, 0.25) is 0 Å². The summed E-state index contributed by atoms with van der Waals surface area (Å²) >= 11 is 0. The maximum atomic E-state index is 12.3. The van der Waals surface area contributed by atoms with Crippen molar-refractivity contribution < 1.29 is 24.2 Å². The van der Waals surface area contributed by atoms with Gasteiger partial charge in [-0.3, -0.25) is 25.0 Å². The predicted octanol–water partition coefficient (Wildman–Crippen LogP) is 2.85. The highest BCUT2D eigenvalue weighted by molar-refractivity contribution is 6.05. The lowest BCUT2D eigenvalue weighted by molar-refractivity contribution is -0.394. The summed E-state index contributed by atoms with van der Waals surface area (Å²) in [5, 5.41) is 24.3. The Bertz CT molecular complexity index is 892. The molecule has 10 nitrogen and oxygen atoms in total. The van der Waals surface area contributed by atoms with Crippen molar-refractivity contribution >= 4 is 28.9 Å². The highest BCUT2D eigenvalue weighted by atomic mass is 16.6. The Morgan fingerprint density at radius 2 is 1.54 bits per heavy atom. The third kappa shape index (κ3) is 3.98. The summed E-state index contributed by atoms with van der Waals surface area (Å²) in [5.41, 5.74) is -0.196. The van der Waals surface area contributed by atoms with Gasteiger partial charge in [-0.05, 0) is 30.7 Å². The fourth-order valence-corrected chi connectivity index (χ4v) is 2.18. The number of rotatable bonds is 5. The molecule has 0 bridgehead atoms. The molecule has 26 heavy (non-hydrogen) atoms. The van der Waals surface area contributed by atoms with Crippen molar-refractivity contribution in [2.24, 2.45) is 0 Å². The summed E-state index contributed by atoms with van der Waals surface area (Å²) in [6, 6.07) is 7.06. The molecule has 0 aliphatic carbocycles. The van der Waals surface area contributed by atoms with Crippen molar-refractivity contribution in [1.29, 1.82) is 0 Å². The van der Waals surface area contributed by atoms with Crippen LogP contribution in [0.5, 0.6) is 0 Å². The van der Waals surface area contributed by atoms with E-state index in [4.69, 9.17) is 0 Å². The number of benzene rings is 2. The van der Waals surface area contributed by atoms with E-state index in [2.05, 4.69) is 10.1 Å². The number of nitro benzene ring substituents is 2. The topological polar surface area (TPSA) is 142 Å². The number of carbonyl (C=O) groups excluding carboxylic acids is 2. The van der Waals surface area contributed by atoms with Crippen molar-refractivity contribution in [3.8, 4) is 0 Å². The smallest absolute Gasteiger partial charge is 0.337 e. The van der Waals surface area contributed by atoms with Crippen LogP contribution >= 0.6 is 0 Å². The van der Waals surface area contributed by atoms with Crippen LogP contribution in [0.4, 0.5) is 17.1 Å². The van der Waals surface area contributed by atoms with Crippen LogP contribution in [0.25, 0.3) is 0 Å². The summed E-state index contributed by atoms with van der Waals surface area (Å²) in [5.74, 6) is -1.30. The molecule has 0 spiro atoms. The van der Waals surface area contributed by atoms with Crippen LogP contribution in [0.3, 0.4) is 0 Å². The zero-order valence-corrected chi connectivity index (χ0v) is 13.7. The molecule has 134 valence electrons. The van der Waals surface area contributed by atoms with E-state index in [1.54, 1.807) is 6.92 Å². The van der Waals surface area contributed by atoms with E-state index in [0.29, 0.717) is 11.3 Å². The van der Waals surface area contributed by atoms with Gasteiger partial charge >= 0.3 is 5.97 Å². The van der Waals surface area contributed by atoms with Crippen LogP contribution in [-0.2, 0) is 4.74 Å². The maximum Gasteiger partial charge on any atom is 0.337 e. The second kappa shape index (κ2) is 7.38. The Morgan fingerprint density at radius 3 is 2.00 bits per heavy atom. The first-order valence-electron chi connectivity index (χ1n) is 7.17. The molecule has 0 heterocycles. The fraction of sp³-hybridized carbons (Fsp3) is 0.125. The molecule has 2 aromatic rings. The van der Waals surface area contributed by atoms with Gasteiger partial charge in [0.1, 0.15) is 0 Å². The van der Waals surface area contributed by atoms with Gasteiger partial charge in [-0.25, -0.2) is 4.79 Å². The molecule has 0 aliphatic rings. The van der Waals surface area contributed by atoms with Gasteiger partial charge in [0, 0.05) is 17.8 Å². The SMILES string of the molecule is COC(=O)c1ccc(NC(=O)c2cc([N+](=O)[O-])cc([N+](=O)[O-])c2)c(C)c1. The van der Waals surface area contributed by atoms with E-state index < -0.39 is 33.1 Å². The monoisotopic (exact) mass is 359 g/mol. The summed E-state index contributed by atoms with van der Waals surface area (Å²) in [6.45, 7) is 1.64. The largest absolute Gasteiger partial charge is 0.465 e. The lowest BCUT2D eigenvalue weighted by Crippen LogP contribution is -2.14. The molecular formula is C16H13N3O7. The molecular weight excluding hydrogens is 346 g/mol. The van der Waals surface area contributed by atoms with Crippen molar-refractivity contribution in [1.82, 2.24) is 0 Å². The maximum absolute atomic E-state index is 12.3. The number of nitrogens with one attached hydrogen (secondary N) is 1. The number of ether oxygens (including phenoxy) is 1. The minimum atomic E-state index is -0.819.